The lowest BCUT2D eigenvalue weighted by atomic mass is 10.1. The van der Waals surface area contributed by atoms with Crippen molar-refractivity contribution in [2.24, 2.45) is 0 Å². The highest BCUT2D eigenvalue weighted by molar-refractivity contribution is 6.03. The van der Waals surface area contributed by atoms with Gasteiger partial charge in [0.1, 0.15) is 11.5 Å². The van der Waals surface area contributed by atoms with Crippen LogP contribution in [0.25, 0.3) is 0 Å². The van der Waals surface area contributed by atoms with Gasteiger partial charge < -0.3 is 10.6 Å². The number of amides is 1. The lowest BCUT2D eigenvalue weighted by Gasteiger charge is -2.09. The van der Waals surface area contributed by atoms with Gasteiger partial charge in [-0.05, 0) is 62.1 Å². The minimum absolute atomic E-state index is 0.183. The first kappa shape index (κ1) is 13.6. The second-order valence-electron chi connectivity index (χ2n) is 5.58. The van der Waals surface area contributed by atoms with Gasteiger partial charge in [-0.3, -0.25) is 4.79 Å². The Balaban J connectivity index is 1.73. The molecule has 0 bridgehead atoms. The predicted octanol–water partition coefficient (Wildman–Crippen LogP) is 3.53. The Labute approximate surface area is 124 Å². The largest absolute Gasteiger partial charge is 0.367 e. The highest BCUT2D eigenvalue weighted by atomic mass is 16.1. The summed E-state index contributed by atoms with van der Waals surface area (Å²) in [6.07, 6.45) is 2.36. The maximum Gasteiger partial charge on any atom is 0.274 e. The Hall–Kier alpha value is -2.36. The lowest BCUT2D eigenvalue weighted by molar-refractivity contribution is 0.102. The number of nitrogens with zero attached hydrogens (tertiary/aromatic N) is 1. The molecule has 0 spiro atoms. The standard InChI is InChI=1S/C17H19N3O/c1-11-6-7-14(10-12(11)2)19-17(21)15-4-3-5-16(20-15)18-13-8-9-13/h3-7,10,13H,8-9H2,1-2H3,(H,18,20)(H,19,21). The molecule has 2 aromatic rings. The van der Waals surface area contributed by atoms with Gasteiger partial charge in [-0.15, -0.1) is 0 Å². The average molecular weight is 281 g/mol. The molecule has 1 aromatic carbocycles. The zero-order valence-electron chi connectivity index (χ0n) is 12.3. The van der Waals surface area contributed by atoms with Crippen molar-refractivity contribution in [2.75, 3.05) is 10.6 Å². The molecule has 0 unspecified atom stereocenters. The molecule has 0 radical (unpaired) electrons. The van der Waals surface area contributed by atoms with Gasteiger partial charge in [-0.25, -0.2) is 4.98 Å². The molecule has 1 fully saturated rings. The van der Waals surface area contributed by atoms with E-state index in [1.165, 1.54) is 18.4 Å². The summed E-state index contributed by atoms with van der Waals surface area (Å²) in [6.45, 7) is 4.08. The molecule has 1 amide bonds. The van der Waals surface area contributed by atoms with Gasteiger partial charge in [-0.1, -0.05) is 12.1 Å². The normalized spacial score (nSPS) is 13.8. The van der Waals surface area contributed by atoms with Gasteiger partial charge in [-0.2, -0.15) is 0 Å². The number of rotatable bonds is 4. The van der Waals surface area contributed by atoms with Crippen molar-refractivity contribution in [1.29, 1.82) is 0 Å². The van der Waals surface area contributed by atoms with Crippen LogP contribution in [0.1, 0.15) is 34.5 Å². The van der Waals surface area contributed by atoms with Gasteiger partial charge in [0, 0.05) is 11.7 Å². The molecule has 1 aliphatic carbocycles. The number of aryl methyl sites for hydroxylation is 2. The van der Waals surface area contributed by atoms with Crippen LogP contribution in [0.5, 0.6) is 0 Å². The Kier molecular flexibility index (Phi) is 3.60. The van der Waals surface area contributed by atoms with Crippen LogP contribution in [0.15, 0.2) is 36.4 Å². The highest BCUT2D eigenvalue weighted by Crippen LogP contribution is 2.23. The Morgan fingerprint density at radius 3 is 2.67 bits per heavy atom. The Morgan fingerprint density at radius 2 is 1.95 bits per heavy atom. The fraction of sp³-hybridized carbons (Fsp3) is 0.294. The molecule has 0 atom stereocenters. The zero-order valence-corrected chi connectivity index (χ0v) is 12.3. The SMILES string of the molecule is Cc1ccc(NC(=O)c2cccc(NC3CC3)n2)cc1C. The van der Waals surface area contributed by atoms with Gasteiger partial charge >= 0.3 is 0 Å². The second-order valence-corrected chi connectivity index (χ2v) is 5.58. The van der Waals surface area contributed by atoms with Crippen LogP contribution in [-0.2, 0) is 0 Å². The van der Waals surface area contributed by atoms with Crippen molar-refractivity contribution in [1.82, 2.24) is 4.98 Å². The molecular weight excluding hydrogens is 262 g/mol. The molecule has 4 heteroatoms. The van der Waals surface area contributed by atoms with E-state index >= 15 is 0 Å². The Bertz CT molecular complexity index is 677. The van der Waals surface area contributed by atoms with E-state index in [0.717, 1.165) is 17.1 Å². The number of benzene rings is 1. The summed E-state index contributed by atoms with van der Waals surface area (Å²) in [7, 11) is 0. The summed E-state index contributed by atoms with van der Waals surface area (Å²) >= 11 is 0. The smallest absolute Gasteiger partial charge is 0.274 e. The van der Waals surface area contributed by atoms with E-state index in [1.54, 1.807) is 6.07 Å². The number of hydrogen-bond acceptors (Lipinski definition) is 3. The average Bonchev–Trinajstić information content (AvgIpc) is 3.27. The molecule has 4 nitrogen and oxygen atoms in total. The minimum atomic E-state index is -0.183. The quantitative estimate of drug-likeness (QED) is 0.901. The summed E-state index contributed by atoms with van der Waals surface area (Å²) in [5.74, 6) is 0.586. The van der Waals surface area contributed by atoms with E-state index in [-0.39, 0.29) is 5.91 Å². The Morgan fingerprint density at radius 1 is 1.14 bits per heavy atom. The molecule has 0 aliphatic heterocycles. The van der Waals surface area contributed by atoms with Crippen LogP contribution in [-0.4, -0.2) is 16.9 Å². The number of nitrogens with one attached hydrogen (secondary N) is 2. The molecule has 2 N–H and O–H groups in total. The molecule has 1 aliphatic rings. The summed E-state index contributed by atoms with van der Waals surface area (Å²) in [5, 5.41) is 6.19. The van der Waals surface area contributed by atoms with Gasteiger partial charge in [0.15, 0.2) is 0 Å². The first-order chi connectivity index (χ1) is 10.1. The van der Waals surface area contributed by atoms with E-state index in [0.29, 0.717) is 11.7 Å². The van der Waals surface area contributed by atoms with E-state index in [2.05, 4.69) is 22.5 Å². The van der Waals surface area contributed by atoms with E-state index in [1.807, 2.05) is 37.3 Å². The highest BCUT2D eigenvalue weighted by Gasteiger charge is 2.21. The topological polar surface area (TPSA) is 54.0 Å². The van der Waals surface area contributed by atoms with Crippen molar-refractivity contribution in [2.45, 2.75) is 32.7 Å². The van der Waals surface area contributed by atoms with Crippen LogP contribution in [0.4, 0.5) is 11.5 Å². The maximum atomic E-state index is 12.3. The molecular formula is C17H19N3O. The molecule has 3 rings (SSSR count). The van der Waals surface area contributed by atoms with Crippen LogP contribution < -0.4 is 10.6 Å². The number of pyridine rings is 1. The van der Waals surface area contributed by atoms with Gasteiger partial charge in [0.2, 0.25) is 0 Å². The number of anilines is 2. The summed E-state index contributed by atoms with van der Waals surface area (Å²) in [4.78, 5) is 16.6. The van der Waals surface area contributed by atoms with Crippen molar-refractivity contribution < 1.29 is 4.79 Å². The van der Waals surface area contributed by atoms with Crippen molar-refractivity contribution in [3.63, 3.8) is 0 Å². The lowest BCUT2D eigenvalue weighted by Crippen LogP contribution is -2.15. The zero-order chi connectivity index (χ0) is 14.8. The first-order valence-electron chi connectivity index (χ1n) is 7.24. The third-order valence-corrected chi connectivity index (χ3v) is 3.68. The van der Waals surface area contributed by atoms with Gasteiger partial charge in [0.25, 0.3) is 5.91 Å². The van der Waals surface area contributed by atoms with E-state index in [4.69, 9.17) is 0 Å². The number of carbonyl (C=O) groups excluding carboxylic acids is 1. The number of carbonyl (C=O) groups is 1. The number of aromatic nitrogens is 1. The monoisotopic (exact) mass is 281 g/mol. The fourth-order valence-corrected chi connectivity index (χ4v) is 2.09. The molecule has 0 saturated heterocycles. The molecule has 108 valence electrons. The predicted molar refractivity (Wildman–Crippen MR) is 84.8 cm³/mol. The van der Waals surface area contributed by atoms with Crippen molar-refractivity contribution in [3.8, 4) is 0 Å². The summed E-state index contributed by atoms with van der Waals surface area (Å²) in [5.41, 5.74) is 3.59. The summed E-state index contributed by atoms with van der Waals surface area (Å²) < 4.78 is 0. The van der Waals surface area contributed by atoms with Crippen molar-refractivity contribution >= 4 is 17.4 Å². The fourth-order valence-electron chi connectivity index (χ4n) is 2.09. The minimum Gasteiger partial charge on any atom is -0.367 e. The number of hydrogen-bond donors (Lipinski definition) is 2. The van der Waals surface area contributed by atoms with E-state index in [9.17, 15) is 4.79 Å². The molecule has 21 heavy (non-hydrogen) atoms. The molecule has 1 saturated carbocycles. The van der Waals surface area contributed by atoms with Crippen LogP contribution >= 0.6 is 0 Å². The third kappa shape index (κ3) is 3.40. The first-order valence-corrected chi connectivity index (χ1v) is 7.24. The molecule has 1 heterocycles. The van der Waals surface area contributed by atoms with Crippen molar-refractivity contribution in [3.05, 3.63) is 53.2 Å². The van der Waals surface area contributed by atoms with Crippen LogP contribution in [0.2, 0.25) is 0 Å². The van der Waals surface area contributed by atoms with Gasteiger partial charge in [0.05, 0.1) is 0 Å². The van der Waals surface area contributed by atoms with E-state index < -0.39 is 0 Å². The maximum absolute atomic E-state index is 12.3. The summed E-state index contributed by atoms with van der Waals surface area (Å²) in [6, 6.07) is 11.9. The van der Waals surface area contributed by atoms with Crippen LogP contribution in [0.3, 0.4) is 0 Å². The third-order valence-electron chi connectivity index (χ3n) is 3.68. The van der Waals surface area contributed by atoms with Crippen LogP contribution in [0, 0.1) is 13.8 Å². The molecule has 1 aromatic heterocycles. The second kappa shape index (κ2) is 5.56.